The lowest BCUT2D eigenvalue weighted by molar-refractivity contribution is -0.120. The number of hydrazone groups is 1. The van der Waals surface area contributed by atoms with Gasteiger partial charge in [0.05, 0.1) is 12.6 Å². The zero-order chi connectivity index (χ0) is 18.0. The number of ether oxygens (including phenoxy) is 1. The number of para-hydroxylation sites is 1. The summed E-state index contributed by atoms with van der Waals surface area (Å²) in [6.07, 6.45) is 1.90. The molecule has 0 radical (unpaired) electrons. The lowest BCUT2D eigenvalue weighted by atomic mass is 10.1. The minimum atomic E-state index is -0.157. The highest BCUT2D eigenvalue weighted by molar-refractivity contribution is 5.85. The van der Waals surface area contributed by atoms with Crippen molar-refractivity contribution in [3.63, 3.8) is 0 Å². The molecule has 1 N–H and O–H groups in total. The number of hydrogen-bond acceptors (Lipinski definition) is 3. The zero-order valence-corrected chi connectivity index (χ0v) is 14.3. The molecular weight excluding hydrogens is 324 g/mol. The molecule has 0 aliphatic heterocycles. The summed E-state index contributed by atoms with van der Waals surface area (Å²) in [5, 5.41) is 4.05. The van der Waals surface area contributed by atoms with E-state index in [0.717, 1.165) is 22.4 Å². The van der Waals surface area contributed by atoms with Crippen LogP contribution in [0.4, 0.5) is 0 Å². The Morgan fingerprint density at radius 3 is 2.19 bits per heavy atom. The van der Waals surface area contributed by atoms with Crippen LogP contribution in [0.2, 0.25) is 0 Å². The van der Waals surface area contributed by atoms with Gasteiger partial charge in [0.1, 0.15) is 12.4 Å². The SMILES string of the molecule is O=C(Cc1ccccc1)NN=Cc1ccccc1OCc1ccccc1. The molecule has 0 bridgehead atoms. The minimum absolute atomic E-state index is 0.157. The lowest BCUT2D eigenvalue weighted by Crippen LogP contribution is -2.19. The predicted octanol–water partition coefficient (Wildman–Crippen LogP) is 3.96. The van der Waals surface area contributed by atoms with Gasteiger partial charge in [-0.25, -0.2) is 5.43 Å². The number of nitrogens with zero attached hydrogens (tertiary/aromatic N) is 1. The number of carbonyl (C=O) groups is 1. The van der Waals surface area contributed by atoms with E-state index in [1.807, 2.05) is 84.9 Å². The van der Waals surface area contributed by atoms with Gasteiger partial charge in [-0.15, -0.1) is 0 Å². The maximum absolute atomic E-state index is 11.9. The fourth-order valence-electron chi connectivity index (χ4n) is 2.45. The fraction of sp³-hybridized carbons (Fsp3) is 0.0909. The molecule has 0 saturated carbocycles. The summed E-state index contributed by atoms with van der Waals surface area (Å²) in [4.78, 5) is 11.9. The average Bonchev–Trinajstić information content (AvgIpc) is 2.69. The zero-order valence-electron chi connectivity index (χ0n) is 14.3. The second-order valence-corrected chi connectivity index (χ2v) is 5.77. The molecule has 1 amide bonds. The number of carbonyl (C=O) groups excluding carboxylic acids is 1. The van der Waals surface area contributed by atoms with Gasteiger partial charge in [-0.2, -0.15) is 5.10 Å². The van der Waals surface area contributed by atoms with E-state index >= 15 is 0 Å². The van der Waals surface area contributed by atoms with Gasteiger partial charge in [0.25, 0.3) is 0 Å². The highest BCUT2D eigenvalue weighted by Crippen LogP contribution is 2.17. The van der Waals surface area contributed by atoms with Crippen LogP contribution in [0.25, 0.3) is 0 Å². The Hall–Kier alpha value is -3.40. The smallest absolute Gasteiger partial charge is 0.244 e. The summed E-state index contributed by atoms with van der Waals surface area (Å²) in [7, 11) is 0. The molecule has 0 atom stereocenters. The maximum Gasteiger partial charge on any atom is 0.244 e. The van der Waals surface area contributed by atoms with Gasteiger partial charge in [0.15, 0.2) is 0 Å². The molecule has 0 heterocycles. The van der Waals surface area contributed by atoms with Crippen LogP contribution in [0, 0.1) is 0 Å². The molecule has 4 nitrogen and oxygen atoms in total. The highest BCUT2D eigenvalue weighted by Gasteiger charge is 2.03. The molecule has 4 heteroatoms. The summed E-state index contributed by atoms with van der Waals surface area (Å²) in [6.45, 7) is 0.478. The van der Waals surface area contributed by atoms with Gasteiger partial charge < -0.3 is 4.74 Å². The van der Waals surface area contributed by atoms with Crippen molar-refractivity contribution >= 4 is 12.1 Å². The van der Waals surface area contributed by atoms with E-state index in [-0.39, 0.29) is 5.91 Å². The van der Waals surface area contributed by atoms with Crippen LogP contribution in [0.1, 0.15) is 16.7 Å². The Bertz CT molecular complexity index is 862. The molecular formula is C22H20N2O2. The van der Waals surface area contributed by atoms with Crippen molar-refractivity contribution in [2.45, 2.75) is 13.0 Å². The standard InChI is InChI=1S/C22H20N2O2/c25-22(15-18-9-3-1-4-10-18)24-23-16-20-13-7-8-14-21(20)26-17-19-11-5-2-6-12-19/h1-14,16H,15,17H2,(H,24,25). The van der Waals surface area contributed by atoms with Crippen LogP contribution in [0.15, 0.2) is 90.0 Å². The first-order valence-electron chi connectivity index (χ1n) is 8.43. The molecule has 130 valence electrons. The van der Waals surface area contributed by atoms with Crippen molar-refractivity contribution in [1.82, 2.24) is 5.43 Å². The van der Waals surface area contributed by atoms with Crippen molar-refractivity contribution in [2.75, 3.05) is 0 Å². The van der Waals surface area contributed by atoms with E-state index in [2.05, 4.69) is 10.5 Å². The van der Waals surface area contributed by atoms with Gasteiger partial charge in [-0.1, -0.05) is 72.8 Å². The molecule has 0 fully saturated rings. The Morgan fingerprint density at radius 2 is 1.46 bits per heavy atom. The number of hydrogen-bond donors (Lipinski definition) is 1. The monoisotopic (exact) mass is 344 g/mol. The fourth-order valence-corrected chi connectivity index (χ4v) is 2.45. The molecule has 0 unspecified atom stereocenters. The number of rotatable bonds is 7. The van der Waals surface area contributed by atoms with Gasteiger partial charge in [0.2, 0.25) is 5.91 Å². The van der Waals surface area contributed by atoms with Crippen LogP contribution in [-0.4, -0.2) is 12.1 Å². The van der Waals surface area contributed by atoms with Gasteiger partial charge >= 0.3 is 0 Å². The van der Waals surface area contributed by atoms with E-state index < -0.39 is 0 Å². The van der Waals surface area contributed by atoms with Crippen LogP contribution in [0.3, 0.4) is 0 Å². The third kappa shape index (κ3) is 5.31. The third-order valence-electron chi connectivity index (χ3n) is 3.76. The van der Waals surface area contributed by atoms with Gasteiger partial charge in [-0.3, -0.25) is 4.79 Å². The van der Waals surface area contributed by atoms with E-state index in [1.165, 1.54) is 0 Å². The highest BCUT2D eigenvalue weighted by atomic mass is 16.5. The van der Waals surface area contributed by atoms with Crippen LogP contribution >= 0.6 is 0 Å². The van der Waals surface area contributed by atoms with E-state index in [9.17, 15) is 4.79 Å². The van der Waals surface area contributed by atoms with Gasteiger partial charge in [0, 0.05) is 5.56 Å². The molecule has 26 heavy (non-hydrogen) atoms. The number of amides is 1. The summed E-state index contributed by atoms with van der Waals surface area (Å²) < 4.78 is 5.87. The van der Waals surface area contributed by atoms with Gasteiger partial charge in [-0.05, 0) is 23.3 Å². The molecule has 3 aromatic carbocycles. The van der Waals surface area contributed by atoms with Crippen LogP contribution < -0.4 is 10.2 Å². The molecule has 0 aromatic heterocycles. The largest absolute Gasteiger partial charge is 0.488 e. The predicted molar refractivity (Wildman–Crippen MR) is 103 cm³/mol. The number of benzene rings is 3. The van der Waals surface area contributed by atoms with E-state index in [0.29, 0.717) is 13.0 Å². The summed E-state index contributed by atoms with van der Waals surface area (Å²) in [5.74, 6) is 0.563. The average molecular weight is 344 g/mol. The first-order valence-corrected chi connectivity index (χ1v) is 8.43. The molecule has 3 rings (SSSR count). The Balaban J connectivity index is 1.57. The normalized spacial score (nSPS) is 10.6. The van der Waals surface area contributed by atoms with Crippen LogP contribution in [-0.2, 0) is 17.8 Å². The molecule has 0 aliphatic carbocycles. The quantitative estimate of drug-likeness (QED) is 0.521. The summed E-state index contributed by atoms with van der Waals surface area (Å²) >= 11 is 0. The van der Waals surface area contributed by atoms with Crippen molar-refractivity contribution in [3.8, 4) is 5.75 Å². The minimum Gasteiger partial charge on any atom is -0.488 e. The first kappa shape index (κ1) is 17.4. The molecule has 0 spiro atoms. The third-order valence-corrected chi connectivity index (χ3v) is 3.76. The molecule has 3 aromatic rings. The lowest BCUT2D eigenvalue weighted by Gasteiger charge is -2.09. The molecule has 0 aliphatic rings. The Labute approximate surface area is 153 Å². The van der Waals surface area contributed by atoms with Crippen molar-refractivity contribution in [2.24, 2.45) is 5.10 Å². The summed E-state index contributed by atoms with van der Waals surface area (Å²) in [6, 6.07) is 27.1. The van der Waals surface area contributed by atoms with E-state index in [4.69, 9.17) is 4.74 Å². The second-order valence-electron chi connectivity index (χ2n) is 5.77. The maximum atomic E-state index is 11.9. The van der Waals surface area contributed by atoms with Crippen LogP contribution in [0.5, 0.6) is 5.75 Å². The number of nitrogens with one attached hydrogen (secondary N) is 1. The van der Waals surface area contributed by atoms with Crippen molar-refractivity contribution in [1.29, 1.82) is 0 Å². The van der Waals surface area contributed by atoms with Crippen molar-refractivity contribution in [3.05, 3.63) is 102 Å². The van der Waals surface area contributed by atoms with Crippen molar-refractivity contribution < 1.29 is 9.53 Å². The Kier molecular flexibility index (Phi) is 6.15. The van der Waals surface area contributed by atoms with E-state index in [1.54, 1.807) is 6.21 Å². The Morgan fingerprint density at radius 1 is 0.846 bits per heavy atom. The topological polar surface area (TPSA) is 50.7 Å². The summed E-state index contributed by atoms with van der Waals surface area (Å²) in [5.41, 5.74) is 5.41. The second kappa shape index (κ2) is 9.18. The first-order chi connectivity index (χ1) is 12.8. The molecule has 0 saturated heterocycles.